The second-order valence-corrected chi connectivity index (χ2v) is 6.89. The first-order valence-electron chi connectivity index (χ1n) is 10.3. The van der Waals surface area contributed by atoms with E-state index in [2.05, 4.69) is 20.9 Å². The molecule has 1 fully saturated rings. The Morgan fingerprint density at radius 3 is 2.66 bits per heavy atom. The van der Waals surface area contributed by atoms with Crippen LogP contribution < -0.4 is 16.0 Å². The SMILES string of the molecule is CCNC(=NCCc1cccc(C(=O)NC)c1)NC1CCN(C(=O)OCC)CC1. The predicted octanol–water partition coefficient (Wildman–Crippen LogP) is 1.76. The van der Waals surface area contributed by atoms with Crippen LogP contribution in [0.2, 0.25) is 0 Å². The predicted molar refractivity (Wildman–Crippen MR) is 114 cm³/mol. The number of aliphatic imine (C=N–C) groups is 1. The fourth-order valence-corrected chi connectivity index (χ4v) is 3.24. The van der Waals surface area contributed by atoms with Crippen molar-refractivity contribution < 1.29 is 14.3 Å². The van der Waals surface area contributed by atoms with Gasteiger partial charge in [0.25, 0.3) is 5.91 Å². The zero-order chi connectivity index (χ0) is 21.1. The van der Waals surface area contributed by atoms with Gasteiger partial charge in [0.1, 0.15) is 0 Å². The fourth-order valence-electron chi connectivity index (χ4n) is 3.24. The molecular formula is C21H33N5O3. The molecule has 160 valence electrons. The molecule has 2 rings (SSSR count). The first kappa shape index (κ1) is 22.5. The Morgan fingerprint density at radius 2 is 2.00 bits per heavy atom. The minimum Gasteiger partial charge on any atom is -0.450 e. The number of benzene rings is 1. The van der Waals surface area contributed by atoms with Gasteiger partial charge >= 0.3 is 6.09 Å². The van der Waals surface area contributed by atoms with Crippen LogP contribution in [0.5, 0.6) is 0 Å². The minimum atomic E-state index is -0.231. The number of nitrogens with zero attached hydrogens (tertiary/aromatic N) is 2. The van der Waals surface area contributed by atoms with Gasteiger partial charge in [-0.05, 0) is 50.8 Å². The Morgan fingerprint density at radius 1 is 1.24 bits per heavy atom. The van der Waals surface area contributed by atoms with Crippen molar-refractivity contribution in [3.05, 3.63) is 35.4 Å². The van der Waals surface area contributed by atoms with E-state index in [0.717, 1.165) is 37.3 Å². The van der Waals surface area contributed by atoms with E-state index in [1.165, 1.54) is 0 Å². The summed E-state index contributed by atoms with van der Waals surface area (Å²) in [7, 11) is 1.63. The van der Waals surface area contributed by atoms with Gasteiger partial charge in [0, 0.05) is 44.8 Å². The average Bonchev–Trinajstić information content (AvgIpc) is 2.74. The van der Waals surface area contributed by atoms with E-state index in [-0.39, 0.29) is 18.0 Å². The Kier molecular flexibility index (Phi) is 9.27. The van der Waals surface area contributed by atoms with Crippen molar-refractivity contribution in [1.29, 1.82) is 0 Å². The molecule has 8 nitrogen and oxygen atoms in total. The molecule has 0 aliphatic carbocycles. The molecule has 0 spiro atoms. The Labute approximate surface area is 173 Å². The molecule has 1 aromatic carbocycles. The summed E-state index contributed by atoms with van der Waals surface area (Å²) in [4.78, 5) is 30.0. The van der Waals surface area contributed by atoms with Crippen LogP contribution in [0.3, 0.4) is 0 Å². The molecule has 1 aliphatic heterocycles. The van der Waals surface area contributed by atoms with Gasteiger partial charge < -0.3 is 25.6 Å². The molecule has 1 saturated heterocycles. The first-order valence-corrected chi connectivity index (χ1v) is 10.3. The average molecular weight is 404 g/mol. The molecule has 1 aliphatic rings. The lowest BCUT2D eigenvalue weighted by Crippen LogP contribution is -2.50. The summed E-state index contributed by atoms with van der Waals surface area (Å²) in [6.07, 6.45) is 2.24. The quantitative estimate of drug-likeness (QED) is 0.476. The highest BCUT2D eigenvalue weighted by Crippen LogP contribution is 2.11. The number of likely N-dealkylation sites (tertiary alicyclic amines) is 1. The second-order valence-electron chi connectivity index (χ2n) is 6.89. The van der Waals surface area contributed by atoms with Crippen molar-refractivity contribution in [2.75, 3.05) is 39.8 Å². The van der Waals surface area contributed by atoms with Gasteiger partial charge in [0.05, 0.1) is 6.61 Å². The highest BCUT2D eigenvalue weighted by Gasteiger charge is 2.24. The molecule has 1 heterocycles. The maximum absolute atomic E-state index is 11.8. The summed E-state index contributed by atoms with van der Waals surface area (Å²) < 4.78 is 5.07. The molecule has 3 N–H and O–H groups in total. The van der Waals surface area contributed by atoms with E-state index in [4.69, 9.17) is 4.74 Å². The molecule has 8 heteroatoms. The number of guanidine groups is 1. The summed E-state index contributed by atoms with van der Waals surface area (Å²) in [6, 6.07) is 7.88. The van der Waals surface area contributed by atoms with Crippen LogP contribution in [0, 0.1) is 0 Å². The third-order valence-corrected chi connectivity index (χ3v) is 4.79. The number of rotatable bonds is 7. The van der Waals surface area contributed by atoms with Crippen LogP contribution in [0.4, 0.5) is 4.79 Å². The van der Waals surface area contributed by atoms with E-state index in [0.29, 0.717) is 31.8 Å². The van der Waals surface area contributed by atoms with Crippen LogP contribution in [0.1, 0.15) is 42.6 Å². The van der Waals surface area contributed by atoms with Gasteiger partial charge in [-0.1, -0.05) is 12.1 Å². The number of carbonyl (C=O) groups is 2. The molecule has 2 amide bonds. The number of amides is 2. The highest BCUT2D eigenvalue weighted by molar-refractivity contribution is 5.94. The van der Waals surface area contributed by atoms with Gasteiger partial charge in [0.2, 0.25) is 0 Å². The lowest BCUT2D eigenvalue weighted by atomic mass is 10.1. The third kappa shape index (κ3) is 7.29. The summed E-state index contributed by atoms with van der Waals surface area (Å²) in [6.45, 7) is 7.02. The molecular weight excluding hydrogens is 370 g/mol. The minimum absolute atomic E-state index is 0.0838. The number of ether oxygens (including phenoxy) is 1. The van der Waals surface area contributed by atoms with E-state index in [1.54, 1.807) is 18.0 Å². The normalized spacial score (nSPS) is 15.0. The third-order valence-electron chi connectivity index (χ3n) is 4.79. The maximum atomic E-state index is 11.8. The Bertz CT molecular complexity index is 699. The first-order chi connectivity index (χ1) is 14.1. The zero-order valence-electron chi connectivity index (χ0n) is 17.7. The van der Waals surface area contributed by atoms with E-state index >= 15 is 0 Å². The monoisotopic (exact) mass is 403 g/mol. The molecule has 1 aromatic rings. The lowest BCUT2D eigenvalue weighted by molar-refractivity contribution is 0.0955. The zero-order valence-corrected chi connectivity index (χ0v) is 17.7. The Hall–Kier alpha value is -2.77. The molecule has 0 aromatic heterocycles. The van der Waals surface area contributed by atoms with Crippen LogP contribution in [0.25, 0.3) is 0 Å². The molecule has 0 unspecified atom stereocenters. The summed E-state index contributed by atoms with van der Waals surface area (Å²) >= 11 is 0. The fraction of sp³-hybridized carbons (Fsp3) is 0.571. The molecule has 0 atom stereocenters. The molecule has 0 radical (unpaired) electrons. The van der Waals surface area contributed by atoms with Gasteiger partial charge in [-0.3, -0.25) is 9.79 Å². The number of piperidine rings is 1. The summed E-state index contributed by atoms with van der Waals surface area (Å²) in [5.41, 5.74) is 1.74. The van der Waals surface area contributed by atoms with Gasteiger partial charge in [0.15, 0.2) is 5.96 Å². The topological polar surface area (TPSA) is 95.1 Å². The lowest BCUT2D eigenvalue weighted by Gasteiger charge is -2.32. The number of nitrogens with one attached hydrogen (secondary N) is 3. The van der Waals surface area contributed by atoms with Crippen molar-refractivity contribution in [3.8, 4) is 0 Å². The maximum Gasteiger partial charge on any atom is 0.409 e. The van der Waals surface area contributed by atoms with Crippen molar-refractivity contribution >= 4 is 18.0 Å². The van der Waals surface area contributed by atoms with E-state index < -0.39 is 0 Å². The van der Waals surface area contributed by atoms with Crippen molar-refractivity contribution in [1.82, 2.24) is 20.9 Å². The van der Waals surface area contributed by atoms with Crippen LogP contribution in [-0.2, 0) is 11.2 Å². The van der Waals surface area contributed by atoms with Crippen molar-refractivity contribution in [3.63, 3.8) is 0 Å². The highest BCUT2D eigenvalue weighted by atomic mass is 16.6. The van der Waals surface area contributed by atoms with Gasteiger partial charge in [-0.25, -0.2) is 4.79 Å². The summed E-state index contributed by atoms with van der Waals surface area (Å²) in [5.74, 6) is 0.698. The van der Waals surface area contributed by atoms with Crippen LogP contribution in [-0.4, -0.2) is 68.7 Å². The molecule has 29 heavy (non-hydrogen) atoms. The van der Waals surface area contributed by atoms with Gasteiger partial charge in [-0.15, -0.1) is 0 Å². The molecule has 0 bridgehead atoms. The van der Waals surface area contributed by atoms with Crippen LogP contribution >= 0.6 is 0 Å². The van der Waals surface area contributed by atoms with E-state index in [9.17, 15) is 9.59 Å². The molecule has 0 saturated carbocycles. The number of hydrogen-bond donors (Lipinski definition) is 3. The standard InChI is InChI=1S/C21H33N5O3/c1-4-23-20(25-18-10-13-26(14-11-18)21(28)29-5-2)24-12-9-16-7-6-8-17(15-16)19(27)22-3/h6-8,15,18H,4-5,9-14H2,1-3H3,(H,22,27)(H2,23,24,25). The number of carbonyl (C=O) groups excluding carboxylic acids is 2. The summed E-state index contributed by atoms with van der Waals surface area (Å²) in [5, 5.41) is 9.39. The Balaban J connectivity index is 1.86. The van der Waals surface area contributed by atoms with E-state index in [1.807, 2.05) is 32.0 Å². The van der Waals surface area contributed by atoms with Crippen molar-refractivity contribution in [2.45, 2.75) is 39.2 Å². The van der Waals surface area contributed by atoms with Gasteiger partial charge in [-0.2, -0.15) is 0 Å². The second kappa shape index (κ2) is 11.9. The largest absolute Gasteiger partial charge is 0.450 e. The smallest absolute Gasteiger partial charge is 0.409 e. The number of hydrogen-bond acceptors (Lipinski definition) is 4. The van der Waals surface area contributed by atoms with Crippen LogP contribution in [0.15, 0.2) is 29.3 Å². The van der Waals surface area contributed by atoms with Crippen molar-refractivity contribution in [2.24, 2.45) is 4.99 Å².